The van der Waals surface area contributed by atoms with E-state index in [1.807, 2.05) is 0 Å². The van der Waals surface area contributed by atoms with Gasteiger partial charge in [0.05, 0.1) is 35.6 Å². The molecule has 0 aromatic rings. The Hall–Kier alpha value is -0.499. The molecule has 0 amide bonds. The highest BCUT2D eigenvalue weighted by Crippen LogP contribution is 2.64. The predicted molar refractivity (Wildman–Crippen MR) is 508 cm³/mol. The van der Waals surface area contributed by atoms with E-state index in [4.69, 9.17) is 39.7 Å². The Morgan fingerprint density at radius 2 is 0.679 bits per heavy atom. The SMILES string of the molecule is C=C1/C(=C\C=C2/C[C@H](CCCCCCCCCC[C@H]3C/C(=C\C=C4\C[C@@H](O[Si](C)(C)C(C)(C)C)C[C@H](O[Si](C)(C)C(C)(C)C)C4=C)[C@@H]4CC[C@H]([C@H](C)CCCC(C)(C)O[Si](CC)(CC)CC)[C@@]4(C)C3)C[C@]3(C)[C@@H]([C@H](C)CCCC(C)(C)O[Si](CC)(CC)CC)CC[C@@H]23)C[C@@H](O[Si](C)(C)C(C)(C)C)C[C@@H]1O[Si](C)(C)C(C)(C)C. The van der Waals surface area contributed by atoms with Crippen molar-refractivity contribution < 1.29 is 26.6 Å². The average Bonchev–Trinajstić information content (AvgIpc) is 1.58. The highest BCUT2D eigenvalue weighted by Gasteiger charge is 2.56. The van der Waals surface area contributed by atoms with Gasteiger partial charge in [-0.05, 0) is 294 Å². The van der Waals surface area contributed by atoms with E-state index in [2.05, 4.69) is 257 Å². The number of hydrogen-bond donors (Lipinski definition) is 0. The fourth-order valence-electron chi connectivity index (χ4n) is 22.1. The molecule has 0 bridgehead atoms. The molecule has 6 aliphatic carbocycles. The number of rotatable bonds is 41. The van der Waals surface area contributed by atoms with E-state index in [-0.39, 0.29) is 55.8 Å². The number of unbranched alkanes of at least 4 members (excludes halogenated alkanes) is 7. The van der Waals surface area contributed by atoms with Gasteiger partial charge in [-0.15, -0.1) is 0 Å². The minimum atomic E-state index is -2.08. The quantitative estimate of drug-likeness (QED) is 0.0449. The summed E-state index contributed by atoms with van der Waals surface area (Å²) >= 11 is 0. The zero-order valence-electron chi connectivity index (χ0n) is 81.1. The van der Waals surface area contributed by atoms with Crippen molar-refractivity contribution in [3.63, 3.8) is 0 Å². The van der Waals surface area contributed by atoms with Crippen LogP contribution in [0.15, 0.2) is 70.9 Å². The van der Waals surface area contributed by atoms with Gasteiger partial charge in [-0.1, -0.05) is 291 Å². The predicted octanol–water partition coefficient (Wildman–Crippen LogP) is 33.0. The fraction of sp³-hybridized carbons (Fsp3) is 0.880. The van der Waals surface area contributed by atoms with E-state index in [0.29, 0.717) is 34.5 Å². The van der Waals surface area contributed by atoms with Gasteiger partial charge in [-0.2, -0.15) is 0 Å². The summed E-state index contributed by atoms with van der Waals surface area (Å²) in [5.41, 5.74) is 9.22. The van der Waals surface area contributed by atoms with E-state index < -0.39 is 49.9 Å². The van der Waals surface area contributed by atoms with Crippen LogP contribution in [0, 0.1) is 58.2 Å². The van der Waals surface area contributed by atoms with Crippen LogP contribution in [0.5, 0.6) is 0 Å². The molecule has 12 heteroatoms. The third-order valence-corrected chi connectivity index (χ3v) is 61.5. The van der Waals surface area contributed by atoms with Crippen LogP contribution >= 0.6 is 0 Å². The molecule has 0 unspecified atom stereocenters. The third-order valence-electron chi connectivity index (χ3n) is 33.8. The highest BCUT2D eigenvalue weighted by atomic mass is 28.4. The van der Waals surface area contributed by atoms with Crippen LogP contribution in [0.1, 0.15) is 360 Å². The van der Waals surface area contributed by atoms with Crippen LogP contribution < -0.4 is 0 Å². The van der Waals surface area contributed by atoms with Crippen LogP contribution in [0.3, 0.4) is 0 Å². The zero-order valence-corrected chi connectivity index (χ0v) is 87.1. The molecule has 6 aliphatic rings. The van der Waals surface area contributed by atoms with Gasteiger partial charge in [-0.25, -0.2) is 0 Å². The van der Waals surface area contributed by atoms with Crippen LogP contribution in [-0.2, 0) is 26.6 Å². The van der Waals surface area contributed by atoms with Crippen molar-refractivity contribution in [3.8, 4) is 0 Å². The van der Waals surface area contributed by atoms with Gasteiger partial charge in [0.2, 0.25) is 0 Å². The molecule has 0 aliphatic heterocycles. The molecule has 0 radical (unpaired) electrons. The topological polar surface area (TPSA) is 55.4 Å². The van der Waals surface area contributed by atoms with E-state index >= 15 is 0 Å². The maximum absolute atomic E-state index is 7.37. The molecule has 6 rings (SSSR count). The summed E-state index contributed by atoms with van der Waals surface area (Å²) in [5.74, 6) is 5.71. The van der Waals surface area contributed by atoms with Crippen LogP contribution in [0.4, 0.5) is 0 Å². The highest BCUT2D eigenvalue weighted by molar-refractivity contribution is 6.76. The standard InChI is InChI=1S/C100H190O6Si6/c1-37-111(38-2,39-3)105-97(23,24)65-51-53-75(7)87-61-63-89-83(59-57-81-69-85(101-107(29,30)93(11,12)13)71-91(77(81)9)103-109(33,34)95(17,18)19)67-79(73-99(87,89)27)55-49-47-45-43-44-46-48-50-56-80-68-84(90-64-62-88(100(90,28)74-80)76(8)54-52-66-98(25,26)106-112(40-4,41-5)42-6)60-58-82-70-86(102-108(31,32)94(14,15)16)72-92(78(82)10)104-110(35,36)96(20,21)22/h57-60,75-76,79-80,85-92H,9-10,37-56,61-74H2,1-8,11-36H3/b81-57-,82-58-,83-59+,84-60+/t75-,76-,79+,80+,85-,86-,87-,88-,89+,90+,91+,92+,99-,100-/m1/s1. The van der Waals surface area contributed by atoms with Crippen LogP contribution in [-0.4, -0.2) is 85.5 Å². The summed E-state index contributed by atoms with van der Waals surface area (Å²) in [7, 11) is -11.6. The molecule has 6 fully saturated rings. The maximum atomic E-state index is 7.37. The first-order chi connectivity index (χ1) is 51.5. The lowest BCUT2D eigenvalue weighted by molar-refractivity contribution is 0.0552. The van der Waals surface area contributed by atoms with Crippen molar-refractivity contribution in [3.05, 3.63) is 70.9 Å². The van der Waals surface area contributed by atoms with Gasteiger partial charge in [-0.3, -0.25) is 0 Å². The minimum Gasteiger partial charge on any atom is -0.413 e. The number of allylic oxidation sites excluding steroid dienone is 6. The molecule has 14 atom stereocenters. The zero-order chi connectivity index (χ0) is 84.5. The Kier molecular flexibility index (Phi) is 36.0. The normalized spacial score (nSPS) is 29.5. The van der Waals surface area contributed by atoms with Gasteiger partial charge < -0.3 is 26.6 Å². The maximum Gasteiger partial charge on any atom is 0.192 e. The summed E-state index contributed by atoms with van der Waals surface area (Å²) in [6.45, 7) is 92.7. The first-order valence-corrected chi connectivity index (χ1v) is 64.5. The van der Waals surface area contributed by atoms with E-state index in [1.165, 1.54) is 213 Å². The molecular weight excluding hydrogens is 1470 g/mol. The summed E-state index contributed by atoms with van der Waals surface area (Å²) in [4.78, 5) is 0. The molecule has 650 valence electrons. The van der Waals surface area contributed by atoms with Gasteiger partial charge in [0, 0.05) is 12.8 Å². The first-order valence-electron chi connectivity index (χ1n) is 47.8. The van der Waals surface area contributed by atoms with Crippen molar-refractivity contribution in [2.45, 2.75) is 504 Å². The molecular formula is C100H190O6Si6. The van der Waals surface area contributed by atoms with Gasteiger partial charge in [0.1, 0.15) is 0 Å². The molecule has 6 saturated carbocycles. The van der Waals surface area contributed by atoms with Crippen molar-refractivity contribution in [2.24, 2.45) is 58.2 Å². The van der Waals surface area contributed by atoms with Crippen molar-refractivity contribution in [1.82, 2.24) is 0 Å². The van der Waals surface area contributed by atoms with Gasteiger partial charge >= 0.3 is 0 Å². The smallest absolute Gasteiger partial charge is 0.192 e. The molecule has 0 aromatic carbocycles. The Bertz CT molecular complexity index is 2870. The summed E-state index contributed by atoms with van der Waals surface area (Å²) in [5, 5.41) is 0.530. The van der Waals surface area contributed by atoms with Gasteiger partial charge in [0.25, 0.3) is 0 Å². The number of hydrogen-bond acceptors (Lipinski definition) is 6. The van der Waals surface area contributed by atoms with Crippen LogP contribution in [0.2, 0.25) is 109 Å². The summed E-state index contributed by atoms with van der Waals surface area (Å²) < 4.78 is 43.9. The van der Waals surface area contributed by atoms with Crippen molar-refractivity contribution in [1.29, 1.82) is 0 Å². The monoisotopic (exact) mass is 1660 g/mol. The Balaban J connectivity index is 1.17. The molecule has 112 heavy (non-hydrogen) atoms. The Labute approximate surface area is 704 Å². The molecule has 0 spiro atoms. The molecule has 0 heterocycles. The molecule has 0 N–H and O–H groups in total. The lowest BCUT2D eigenvalue weighted by Gasteiger charge is -2.48. The minimum absolute atomic E-state index is 0.00333. The van der Waals surface area contributed by atoms with Crippen molar-refractivity contribution >= 4 is 49.9 Å². The second kappa shape index (κ2) is 40.2. The average molecular weight is 1660 g/mol. The Morgan fingerprint density at radius 1 is 0.393 bits per heavy atom. The first kappa shape index (κ1) is 100. The lowest BCUT2D eigenvalue weighted by Crippen LogP contribution is -2.49. The van der Waals surface area contributed by atoms with Crippen molar-refractivity contribution in [2.75, 3.05) is 0 Å². The van der Waals surface area contributed by atoms with Gasteiger partial charge in [0.15, 0.2) is 49.9 Å². The summed E-state index contributed by atoms with van der Waals surface area (Å²) in [6, 6.07) is 7.34. The molecule has 0 saturated heterocycles. The van der Waals surface area contributed by atoms with E-state index in [9.17, 15) is 0 Å². The second-order valence-electron chi connectivity index (χ2n) is 46.9. The van der Waals surface area contributed by atoms with Crippen LogP contribution in [0.25, 0.3) is 0 Å². The summed E-state index contributed by atoms with van der Waals surface area (Å²) in [6.07, 6.45) is 46.4. The lowest BCUT2D eigenvalue weighted by atomic mass is 9.57. The molecule has 0 aromatic heterocycles. The Morgan fingerprint density at radius 3 is 0.964 bits per heavy atom. The second-order valence-corrected chi connectivity index (χ2v) is 75.3. The third kappa shape index (κ3) is 26.0. The van der Waals surface area contributed by atoms with E-state index in [0.717, 1.165) is 49.4 Å². The fourth-order valence-corrected chi connectivity index (χ4v) is 33.8. The number of fused-ring (bicyclic) bond motifs is 2. The molecule has 6 nitrogen and oxygen atoms in total. The largest absolute Gasteiger partial charge is 0.413 e. The van der Waals surface area contributed by atoms with E-state index in [1.54, 1.807) is 11.1 Å².